The second-order valence-corrected chi connectivity index (χ2v) is 6.22. The second-order valence-electron chi connectivity index (χ2n) is 6.22. The van der Waals surface area contributed by atoms with Crippen molar-refractivity contribution in [3.63, 3.8) is 0 Å². The lowest BCUT2D eigenvalue weighted by molar-refractivity contribution is 0.232. The number of benzene rings is 1. The van der Waals surface area contributed by atoms with Gasteiger partial charge < -0.3 is 19.8 Å². The first-order valence-electron chi connectivity index (χ1n) is 8.76. The van der Waals surface area contributed by atoms with Gasteiger partial charge in [-0.15, -0.1) is 10.2 Å². The van der Waals surface area contributed by atoms with Crippen molar-refractivity contribution in [1.29, 1.82) is 0 Å². The maximum Gasteiger partial charge on any atom is 0.315 e. The van der Waals surface area contributed by atoms with Gasteiger partial charge in [0.1, 0.15) is 5.75 Å². The van der Waals surface area contributed by atoms with Crippen LogP contribution in [0.15, 0.2) is 28.7 Å². The van der Waals surface area contributed by atoms with Crippen LogP contribution >= 0.6 is 0 Å². The van der Waals surface area contributed by atoms with Gasteiger partial charge in [0.2, 0.25) is 11.8 Å². The number of ether oxygens (including phenoxy) is 1. The highest BCUT2D eigenvalue weighted by Crippen LogP contribution is 2.22. The fourth-order valence-electron chi connectivity index (χ4n) is 2.99. The van der Waals surface area contributed by atoms with Crippen LogP contribution in [0.25, 0.3) is 11.5 Å². The number of carbonyl (C=O) groups excluding carboxylic acids is 1. The molecule has 0 bridgehead atoms. The summed E-state index contributed by atoms with van der Waals surface area (Å²) in [7, 11) is 1.61. The molecule has 2 N–H and O–H groups in total. The minimum atomic E-state index is -0.126. The van der Waals surface area contributed by atoms with E-state index >= 15 is 0 Å². The van der Waals surface area contributed by atoms with E-state index in [1.165, 1.54) is 19.3 Å². The smallest absolute Gasteiger partial charge is 0.315 e. The fraction of sp³-hybridized carbons (Fsp3) is 0.500. The molecule has 1 fully saturated rings. The average Bonchev–Trinajstić information content (AvgIpc) is 3.11. The van der Waals surface area contributed by atoms with Crippen LogP contribution < -0.4 is 15.4 Å². The van der Waals surface area contributed by atoms with Gasteiger partial charge in [0.25, 0.3) is 0 Å². The minimum absolute atomic E-state index is 0.126. The maximum atomic E-state index is 11.9. The van der Waals surface area contributed by atoms with E-state index in [9.17, 15) is 4.79 Å². The molecule has 2 aromatic rings. The molecule has 2 amide bonds. The molecule has 1 aliphatic rings. The number of methoxy groups -OCH3 is 1. The zero-order valence-corrected chi connectivity index (χ0v) is 14.5. The number of nitrogens with zero attached hydrogens (tertiary/aromatic N) is 2. The predicted molar refractivity (Wildman–Crippen MR) is 93.4 cm³/mol. The van der Waals surface area contributed by atoms with E-state index in [2.05, 4.69) is 20.8 Å². The maximum absolute atomic E-state index is 11.9. The summed E-state index contributed by atoms with van der Waals surface area (Å²) in [5, 5.41) is 14.0. The molecule has 0 spiro atoms. The molecule has 1 aromatic carbocycles. The van der Waals surface area contributed by atoms with Crippen LogP contribution in [0.3, 0.4) is 0 Å². The van der Waals surface area contributed by atoms with E-state index in [-0.39, 0.29) is 6.03 Å². The van der Waals surface area contributed by atoms with Crippen LogP contribution in [0, 0.1) is 0 Å². The van der Waals surface area contributed by atoms with Crippen molar-refractivity contribution in [3.05, 3.63) is 30.2 Å². The van der Waals surface area contributed by atoms with Crippen LogP contribution in [-0.2, 0) is 6.42 Å². The van der Waals surface area contributed by atoms with Crippen LogP contribution in [0.1, 0.15) is 38.0 Å². The number of hydrogen-bond acceptors (Lipinski definition) is 5. The Bertz CT molecular complexity index is 695. The molecule has 134 valence electrons. The topological polar surface area (TPSA) is 89.3 Å². The molecule has 0 aliphatic heterocycles. The lowest BCUT2D eigenvalue weighted by Gasteiger charge is -2.22. The molecule has 25 heavy (non-hydrogen) atoms. The van der Waals surface area contributed by atoms with Crippen LogP contribution in [-0.4, -0.2) is 35.9 Å². The summed E-state index contributed by atoms with van der Waals surface area (Å²) in [5.74, 6) is 1.68. The van der Waals surface area contributed by atoms with Crippen molar-refractivity contribution < 1.29 is 13.9 Å². The number of urea groups is 1. The standard InChI is InChI=1S/C18H24N4O3/c1-24-15-9-5-6-13(12-15)17-22-21-16(25-17)10-11-19-18(23)20-14-7-3-2-4-8-14/h5-6,9,12,14H,2-4,7-8,10-11H2,1H3,(H2,19,20,23). The van der Waals surface area contributed by atoms with E-state index in [1.54, 1.807) is 7.11 Å². The van der Waals surface area contributed by atoms with Crippen molar-refractivity contribution in [2.24, 2.45) is 0 Å². The van der Waals surface area contributed by atoms with Crippen molar-refractivity contribution >= 4 is 6.03 Å². The lowest BCUT2D eigenvalue weighted by atomic mass is 9.96. The number of rotatable bonds is 6. The monoisotopic (exact) mass is 344 g/mol. The normalized spacial score (nSPS) is 14.9. The van der Waals surface area contributed by atoms with Gasteiger partial charge in [0, 0.05) is 24.6 Å². The van der Waals surface area contributed by atoms with Crippen LogP contribution in [0.4, 0.5) is 4.79 Å². The molecular formula is C18H24N4O3. The van der Waals surface area contributed by atoms with E-state index < -0.39 is 0 Å². The molecule has 0 atom stereocenters. The second kappa shape index (κ2) is 8.50. The van der Waals surface area contributed by atoms with Gasteiger partial charge in [0.05, 0.1) is 7.11 Å². The van der Waals surface area contributed by atoms with Gasteiger partial charge in [-0.2, -0.15) is 0 Å². The third-order valence-electron chi connectivity index (χ3n) is 4.35. The predicted octanol–water partition coefficient (Wildman–Crippen LogP) is 2.92. The Hall–Kier alpha value is -2.57. The van der Waals surface area contributed by atoms with Crippen molar-refractivity contribution in [2.45, 2.75) is 44.6 Å². The highest BCUT2D eigenvalue weighted by atomic mass is 16.5. The summed E-state index contributed by atoms with van der Waals surface area (Å²) in [6.45, 7) is 0.457. The first-order chi connectivity index (χ1) is 12.2. The Balaban J connectivity index is 1.46. The van der Waals surface area contributed by atoms with Crippen molar-refractivity contribution in [1.82, 2.24) is 20.8 Å². The third-order valence-corrected chi connectivity index (χ3v) is 4.35. The van der Waals surface area contributed by atoms with E-state index in [0.717, 1.165) is 24.2 Å². The zero-order valence-electron chi connectivity index (χ0n) is 14.5. The lowest BCUT2D eigenvalue weighted by Crippen LogP contribution is -2.43. The van der Waals surface area contributed by atoms with Gasteiger partial charge >= 0.3 is 6.03 Å². The fourth-order valence-corrected chi connectivity index (χ4v) is 2.99. The van der Waals surface area contributed by atoms with Gasteiger partial charge in [-0.05, 0) is 31.0 Å². The number of amides is 2. The van der Waals surface area contributed by atoms with E-state index in [0.29, 0.717) is 30.8 Å². The highest BCUT2D eigenvalue weighted by molar-refractivity contribution is 5.74. The minimum Gasteiger partial charge on any atom is -0.497 e. The number of aromatic nitrogens is 2. The van der Waals surface area contributed by atoms with Gasteiger partial charge in [-0.1, -0.05) is 25.3 Å². The summed E-state index contributed by atoms with van der Waals surface area (Å²) in [6, 6.07) is 7.63. The Morgan fingerprint density at radius 1 is 1.28 bits per heavy atom. The molecule has 1 heterocycles. The molecule has 0 unspecified atom stereocenters. The van der Waals surface area contributed by atoms with Crippen molar-refractivity contribution in [3.8, 4) is 17.2 Å². The first-order valence-corrected chi connectivity index (χ1v) is 8.76. The van der Waals surface area contributed by atoms with Gasteiger partial charge in [-0.3, -0.25) is 0 Å². The Labute approximate surface area is 147 Å². The SMILES string of the molecule is COc1cccc(-c2nnc(CCNC(=O)NC3CCCCC3)o2)c1. The molecule has 0 saturated heterocycles. The van der Waals surface area contributed by atoms with Crippen LogP contribution in [0.2, 0.25) is 0 Å². The molecule has 1 aliphatic carbocycles. The first kappa shape index (κ1) is 17.3. The Kier molecular flexibility index (Phi) is 5.87. The summed E-state index contributed by atoms with van der Waals surface area (Å²) in [6.07, 6.45) is 6.30. The van der Waals surface area contributed by atoms with Crippen molar-refractivity contribution in [2.75, 3.05) is 13.7 Å². The zero-order chi connectivity index (χ0) is 17.5. The molecule has 3 rings (SSSR count). The summed E-state index contributed by atoms with van der Waals surface area (Å²) < 4.78 is 10.8. The summed E-state index contributed by atoms with van der Waals surface area (Å²) >= 11 is 0. The Morgan fingerprint density at radius 3 is 2.92 bits per heavy atom. The van der Waals surface area contributed by atoms with Gasteiger partial charge in [0.15, 0.2) is 0 Å². The molecule has 1 aromatic heterocycles. The van der Waals surface area contributed by atoms with Gasteiger partial charge in [-0.25, -0.2) is 4.79 Å². The Morgan fingerprint density at radius 2 is 2.12 bits per heavy atom. The van der Waals surface area contributed by atoms with E-state index in [1.807, 2.05) is 24.3 Å². The highest BCUT2D eigenvalue weighted by Gasteiger charge is 2.15. The molecule has 7 heteroatoms. The average molecular weight is 344 g/mol. The number of nitrogens with one attached hydrogen (secondary N) is 2. The molecular weight excluding hydrogens is 320 g/mol. The van der Waals surface area contributed by atoms with E-state index in [4.69, 9.17) is 9.15 Å². The quantitative estimate of drug-likeness (QED) is 0.841. The number of carbonyl (C=O) groups is 1. The third kappa shape index (κ3) is 4.95. The molecule has 7 nitrogen and oxygen atoms in total. The summed E-state index contributed by atoms with van der Waals surface area (Å²) in [5.41, 5.74) is 0.807. The molecule has 0 radical (unpaired) electrons. The van der Waals surface area contributed by atoms with Crippen LogP contribution in [0.5, 0.6) is 5.75 Å². The molecule has 1 saturated carbocycles. The summed E-state index contributed by atoms with van der Waals surface area (Å²) in [4.78, 5) is 11.9. The largest absolute Gasteiger partial charge is 0.497 e. The number of hydrogen-bond donors (Lipinski definition) is 2.